The van der Waals surface area contributed by atoms with Crippen molar-refractivity contribution in [2.24, 2.45) is 0 Å². The maximum absolute atomic E-state index is 12.5. The normalized spacial score (nSPS) is 10.6. The molecule has 0 fully saturated rings. The third kappa shape index (κ3) is 4.09. The maximum Gasteiger partial charge on any atom is 0.269 e. The first kappa shape index (κ1) is 17.2. The van der Waals surface area contributed by atoms with E-state index in [-0.39, 0.29) is 5.91 Å². The van der Waals surface area contributed by atoms with Crippen LogP contribution in [0.2, 0.25) is 0 Å². The van der Waals surface area contributed by atoms with E-state index < -0.39 is 0 Å². The smallest absolute Gasteiger partial charge is 0.269 e. The van der Waals surface area contributed by atoms with E-state index in [1.54, 1.807) is 23.1 Å². The van der Waals surface area contributed by atoms with Crippen molar-refractivity contribution in [2.45, 2.75) is 19.9 Å². The summed E-state index contributed by atoms with van der Waals surface area (Å²) >= 11 is 1.70. The van der Waals surface area contributed by atoms with Crippen LogP contribution in [0.5, 0.6) is 5.75 Å². The number of hydrogen-bond acceptors (Lipinski definition) is 4. The highest BCUT2D eigenvalue weighted by Crippen LogP contribution is 2.22. The highest BCUT2D eigenvalue weighted by atomic mass is 32.1. The van der Waals surface area contributed by atoms with E-state index in [4.69, 9.17) is 4.74 Å². The average Bonchev–Trinajstić information content (AvgIpc) is 3.31. The minimum atomic E-state index is -0.0920. The lowest BCUT2D eigenvalue weighted by Gasteiger charge is -2.05. The van der Waals surface area contributed by atoms with Gasteiger partial charge in [0.05, 0.1) is 12.8 Å². The molecule has 0 atom stereocenters. The van der Waals surface area contributed by atoms with Gasteiger partial charge in [0.25, 0.3) is 5.91 Å². The van der Waals surface area contributed by atoms with Gasteiger partial charge < -0.3 is 10.1 Å². The molecule has 3 rings (SSSR count). The van der Waals surface area contributed by atoms with Crippen molar-refractivity contribution in [3.63, 3.8) is 0 Å². The van der Waals surface area contributed by atoms with Gasteiger partial charge in [-0.2, -0.15) is 5.10 Å². The fraction of sp³-hybridized carbons (Fsp3) is 0.263. The maximum atomic E-state index is 12.5. The zero-order valence-electron chi connectivity index (χ0n) is 14.4. The molecule has 2 aromatic heterocycles. The summed E-state index contributed by atoms with van der Waals surface area (Å²) in [5.74, 6) is 0.705. The van der Waals surface area contributed by atoms with Gasteiger partial charge in [-0.25, -0.2) is 0 Å². The molecule has 0 saturated heterocycles. The second-order valence-corrected chi connectivity index (χ2v) is 6.58. The van der Waals surface area contributed by atoms with Gasteiger partial charge in [-0.05, 0) is 55.1 Å². The van der Waals surface area contributed by atoms with Gasteiger partial charge in [-0.3, -0.25) is 9.48 Å². The first-order valence-electron chi connectivity index (χ1n) is 8.24. The Kier molecular flexibility index (Phi) is 5.50. The van der Waals surface area contributed by atoms with Crippen molar-refractivity contribution in [3.8, 4) is 17.0 Å². The Morgan fingerprint density at radius 2 is 2.08 bits per heavy atom. The van der Waals surface area contributed by atoms with Gasteiger partial charge in [-0.1, -0.05) is 6.07 Å². The van der Waals surface area contributed by atoms with E-state index >= 15 is 0 Å². The van der Waals surface area contributed by atoms with Gasteiger partial charge in [0.15, 0.2) is 0 Å². The minimum absolute atomic E-state index is 0.0920. The van der Waals surface area contributed by atoms with E-state index in [9.17, 15) is 4.79 Å². The molecule has 1 N–H and O–H groups in total. The van der Waals surface area contributed by atoms with Crippen molar-refractivity contribution in [2.75, 3.05) is 13.7 Å². The number of hydrogen-bond donors (Lipinski definition) is 1. The molecular formula is C19H21N3O2S. The number of thiophene rings is 1. The monoisotopic (exact) mass is 355 g/mol. The summed E-state index contributed by atoms with van der Waals surface area (Å²) in [5.41, 5.74) is 2.33. The Morgan fingerprint density at radius 3 is 2.72 bits per heavy atom. The molecule has 25 heavy (non-hydrogen) atoms. The molecular weight excluding hydrogens is 334 g/mol. The first-order valence-corrected chi connectivity index (χ1v) is 9.12. The number of rotatable bonds is 7. The number of amides is 1. The van der Waals surface area contributed by atoms with Crippen molar-refractivity contribution in [3.05, 3.63) is 58.4 Å². The van der Waals surface area contributed by atoms with Crippen LogP contribution in [0.15, 0.2) is 47.8 Å². The van der Waals surface area contributed by atoms with Gasteiger partial charge in [0.1, 0.15) is 11.4 Å². The molecule has 0 unspecified atom stereocenters. The summed E-state index contributed by atoms with van der Waals surface area (Å²) in [6, 6.07) is 13.6. The number of nitrogens with zero attached hydrogens (tertiary/aromatic N) is 2. The number of carbonyl (C=O) groups excluding carboxylic acids is 1. The van der Waals surface area contributed by atoms with Gasteiger partial charge in [0, 0.05) is 23.5 Å². The van der Waals surface area contributed by atoms with Gasteiger partial charge in [-0.15, -0.1) is 11.3 Å². The molecule has 0 aliphatic heterocycles. The molecule has 0 aliphatic carbocycles. The third-order valence-corrected chi connectivity index (χ3v) is 4.87. The van der Waals surface area contributed by atoms with E-state index in [0.717, 1.165) is 23.4 Å². The molecule has 3 aromatic rings. The molecule has 2 heterocycles. The van der Waals surface area contributed by atoms with Crippen LogP contribution in [0.25, 0.3) is 11.3 Å². The summed E-state index contributed by atoms with van der Waals surface area (Å²) in [6.07, 6.45) is 0.842. The minimum Gasteiger partial charge on any atom is -0.497 e. The van der Waals surface area contributed by atoms with Crippen molar-refractivity contribution < 1.29 is 9.53 Å². The van der Waals surface area contributed by atoms with Crippen LogP contribution in [-0.2, 0) is 13.0 Å². The van der Waals surface area contributed by atoms with E-state index in [2.05, 4.69) is 16.5 Å². The lowest BCUT2D eigenvalue weighted by Crippen LogP contribution is -2.27. The number of nitrogens with one attached hydrogen (secondary N) is 1. The standard InChI is InChI=1S/C19H21N3O2S/c1-3-22-18(19(23)20-11-10-16-5-4-12-25-16)13-17(21-22)14-6-8-15(24-2)9-7-14/h4-9,12-13H,3,10-11H2,1-2H3,(H,20,23). The first-order chi connectivity index (χ1) is 12.2. The zero-order valence-corrected chi connectivity index (χ0v) is 15.2. The molecule has 0 bridgehead atoms. The number of carbonyl (C=O) groups is 1. The van der Waals surface area contributed by atoms with Crippen molar-refractivity contribution in [1.29, 1.82) is 0 Å². The summed E-state index contributed by atoms with van der Waals surface area (Å²) < 4.78 is 6.92. The molecule has 6 heteroatoms. The van der Waals surface area contributed by atoms with Crippen LogP contribution in [-0.4, -0.2) is 29.3 Å². The van der Waals surface area contributed by atoms with Crippen molar-refractivity contribution >= 4 is 17.2 Å². The molecule has 0 spiro atoms. The van der Waals surface area contributed by atoms with Crippen LogP contribution in [0.4, 0.5) is 0 Å². The Hall–Kier alpha value is -2.60. The highest BCUT2D eigenvalue weighted by Gasteiger charge is 2.15. The molecule has 0 radical (unpaired) electrons. The fourth-order valence-corrected chi connectivity index (χ4v) is 3.30. The lowest BCUT2D eigenvalue weighted by atomic mass is 10.1. The fourth-order valence-electron chi connectivity index (χ4n) is 2.59. The molecule has 0 aliphatic rings. The largest absolute Gasteiger partial charge is 0.497 e. The lowest BCUT2D eigenvalue weighted by molar-refractivity contribution is 0.0943. The number of ether oxygens (including phenoxy) is 1. The topological polar surface area (TPSA) is 56.2 Å². The molecule has 5 nitrogen and oxygen atoms in total. The summed E-state index contributed by atoms with van der Waals surface area (Å²) in [6.45, 7) is 3.24. The average molecular weight is 355 g/mol. The number of benzene rings is 1. The SMILES string of the molecule is CCn1nc(-c2ccc(OC)cc2)cc1C(=O)NCCc1cccs1. The second-order valence-electron chi connectivity index (χ2n) is 5.54. The number of methoxy groups -OCH3 is 1. The van der Waals surface area contributed by atoms with Gasteiger partial charge >= 0.3 is 0 Å². The summed E-state index contributed by atoms with van der Waals surface area (Å²) in [7, 11) is 1.64. The number of aryl methyl sites for hydroxylation is 1. The molecule has 1 aromatic carbocycles. The predicted octanol–water partition coefficient (Wildman–Crippen LogP) is 3.61. The highest BCUT2D eigenvalue weighted by molar-refractivity contribution is 7.09. The van der Waals surface area contributed by atoms with Crippen LogP contribution >= 0.6 is 11.3 Å². The van der Waals surface area contributed by atoms with Crippen LogP contribution in [0.3, 0.4) is 0 Å². The van der Waals surface area contributed by atoms with Crippen LogP contribution < -0.4 is 10.1 Å². The summed E-state index contributed by atoms with van der Waals surface area (Å²) in [5, 5.41) is 9.58. The van der Waals surface area contributed by atoms with Crippen LogP contribution in [0, 0.1) is 0 Å². The molecule has 0 saturated carbocycles. The van der Waals surface area contributed by atoms with Gasteiger partial charge in [0.2, 0.25) is 0 Å². The Morgan fingerprint density at radius 1 is 1.28 bits per heavy atom. The zero-order chi connectivity index (χ0) is 17.6. The van der Waals surface area contributed by atoms with Crippen LogP contribution in [0.1, 0.15) is 22.3 Å². The second kappa shape index (κ2) is 7.98. The van der Waals surface area contributed by atoms with E-state index in [1.807, 2.05) is 48.7 Å². The Labute approximate surface area is 151 Å². The van der Waals surface area contributed by atoms with E-state index in [0.29, 0.717) is 18.8 Å². The molecule has 130 valence electrons. The third-order valence-electron chi connectivity index (χ3n) is 3.93. The van der Waals surface area contributed by atoms with Crippen molar-refractivity contribution in [1.82, 2.24) is 15.1 Å². The predicted molar refractivity (Wildman–Crippen MR) is 100 cm³/mol. The quantitative estimate of drug-likeness (QED) is 0.704. The molecule has 1 amide bonds. The number of aromatic nitrogens is 2. The Balaban J connectivity index is 1.71. The summed E-state index contributed by atoms with van der Waals surface area (Å²) in [4.78, 5) is 13.8. The Bertz CT molecular complexity index is 823. The van der Waals surface area contributed by atoms with E-state index in [1.165, 1.54) is 4.88 Å².